The largest absolute Gasteiger partial charge is 0.368 e. The molecule has 2 amide bonds. The number of carbonyl (C=O) groups is 2. The van der Waals surface area contributed by atoms with Crippen molar-refractivity contribution < 1.29 is 9.59 Å². The number of benzene rings is 1. The number of primary amides is 1. The molecule has 5 nitrogen and oxygen atoms in total. The first-order chi connectivity index (χ1) is 9.06. The summed E-state index contributed by atoms with van der Waals surface area (Å²) < 4.78 is 0. The van der Waals surface area contributed by atoms with Crippen molar-refractivity contribution in [2.45, 2.75) is 38.3 Å². The standard InChI is InChI=1S/C14H21N3O2/c1-2-3-9-11(13(16)18)17-14(19)12(15)10-7-5-4-6-8-10/h4-8,11-12H,2-3,9,15H2,1H3,(H2,16,18)(H,17,19). The minimum Gasteiger partial charge on any atom is -0.368 e. The van der Waals surface area contributed by atoms with Gasteiger partial charge in [-0.15, -0.1) is 0 Å². The molecule has 19 heavy (non-hydrogen) atoms. The summed E-state index contributed by atoms with van der Waals surface area (Å²) >= 11 is 0. The molecule has 0 saturated heterocycles. The fraction of sp³-hybridized carbons (Fsp3) is 0.429. The summed E-state index contributed by atoms with van der Waals surface area (Å²) in [4.78, 5) is 23.2. The lowest BCUT2D eigenvalue weighted by Crippen LogP contribution is -2.47. The Morgan fingerprint density at radius 1 is 1.26 bits per heavy atom. The molecular weight excluding hydrogens is 242 g/mol. The van der Waals surface area contributed by atoms with Gasteiger partial charge in [-0.2, -0.15) is 0 Å². The average molecular weight is 263 g/mol. The molecule has 1 aromatic rings. The lowest BCUT2D eigenvalue weighted by atomic mass is 10.1. The fourth-order valence-corrected chi connectivity index (χ4v) is 1.77. The molecule has 2 atom stereocenters. The highest BCUT2D eigenvalue weighted by Gasteiger charge is 2.22. The lowest BCUT2D eigenvalue weighted by Gasteiger charge is -2.18. The normalized spacial score (nSPS) is 13.6. The number of unbranched alkanes of at least 4 members (excludes halogenated alkanes) is 1. The summed E-state index contributed by atoms with van der Waals surface area (Å²) in [7, 11) is 0. The van der Waals surface area contributed by atoms with Crippen molar-refractivity contribution in [3.8, 4) is 0 Å². The molecule has 0 spiro atoms. The third-order valence-corrected chi connectivity index (χ3v) is 2.95. The van der Waals surface area contributed by atoms with E-state index < -0.39 is 18.0 Å². The smallest absolute Gasteiger partial charge is 0.242 e. The van der Waals surface area contributed by atoms with Crippen molar-refractivity contribution in [1.82, 2.24) is 5.32 Å². The molecule has 1 rings (SSSR count). The Bertz CT molecular complexity index is 420. The second kappa shape index (κ2) is 7.53. The summed E-state index contributed by atoms with van der Waals surface area (Å²) in [6.45, 7) is 2.01. The van der Waals surface area contributed by atoms with Gasteiger partial charge in [-0.05, 0) is 12.0 Å². The van der Waals surface area contributed by atoms with Gasteiger partial charge < -0.3 is 16.8 Å². The van der Waals surface area contributed by atoms with Crippen LogP contribution in [-0.2, 0) is 9.59 Å². The van der Waals surface area contributed by atoms with E-state index in [0.29, 0.717) is 12.0 Å². The molecule has 0 radical (unpaired) electrons. The van der Waals surface area contributed by atoms with Crippen LogP contribution >= 0.6 is 0 Å². The van der Waals surface area contributed by atoms with Crippen LogP contribution < -0.4 is 16.8 Å². The van der Waals surface area contributed by atoms with Crippen molar-refractivity contribution in [2.24, 2.45) is 11.5 Å². The first kappa shape index (κ1) is 15.2. The molecule has 0 aliphatic heterocycles. The van der Waals surface area contributed by atoms with Crippen LogP contribution in [0.25, 0.3) is 0 Å². The van der Waals surface area contributed by atoms with Crippen molar-refractivity contribution in [1.29, 1.82) is 0 Å². The summed E-state index contributed by atoms with van der Waals surface area (Å²) in [5.41, 5.74) is 11.8. The average Bonchev–Trinajstić information content (AvgIpc) is 2.43. The van der Waals surface area contributed by atoms with E-state index >= 15 is 0 Å². The molecule has 0 bridgehead atoms. The van der Waals surface area contributed by atoms with Crippen molar-refractivity contribution in [3.05, 3.63) is 35.9 Å². The third kappa shape index (κ3) is 4.71. The molecule has 5 N–H and O–H groups in total. The lowest BCUT2D eigenvalue weighted by molar-refractivity contribution is -0.128. The van der Waals surface area contributed by atoms with Gasteiger partial charge in [0.15, 0.2) is 0 Å². The van der Waals surface area contributed by atoms with Crippen molar-refractivity contribution in [3.63, 3.8) is 0 Å². The molecule has 5 heteroatoms. The maximum atomic E-state index is 12.0. The minimum atomic E-state index is -0.787. The van der Waals surface area contributed by atoms with Gasteiger partial charge in [0.25, 0.3) is 0 Å². The number of hydrogen-bond acceptors (Lipinski definition) is 3. The number of nitrogens with two attached hydrogens (primary N) is 2. The number of amides is 2. The highest BCUT2D eigenvalue weighted by Crippen LogP contribution is 2.10. The van der Waals surface area contributed by atoms with Crippen molar-refractivity contribution in [2.75, 3.05) is 0 Å². The molecular formula is C14H21N3O2. The van der Waals surface area contributed by atoms with Crippen LogP contribution in [0.15, 0.2) is 30.3 Å². The third-order valence-electron chi connectivity index (χ3n) is 2.95. The second-order valence-corrected chi connectivity index (χ2v) is 4.49. The zero-order valence-electron chi connectivity index (χ0n) is 11.1. The first-order valence-corrected chi connectivity index (χ1v) is 6.46. The molecule has 0 aliphatic rings. The zero-order valence-corrected chi connectivity index (χ0v) is 11.1. The molecule has 2 unspecified atom stereocenters. The van der Waals surface area contributed by atoms with Gasteiger partial charge in [0.1, 0.15) is 12.1 Å². The van der Waals surface area contributed by atoms with Gasteiger partial charge in [-0.25, -0.2) is 0 Å². The Morgan fingerprint density at radius 3 is 2.42 bits per heavy atom. The Balaban J connectivity index is 2.64. The Morgan fingerprint density at radius 2 is 1.89 bits per heavy atom. The predicted molar refractivity (Wildman–Crippen MR) is 74.0 cm³/mol. The summed E-state index contributed by atoms with van der Waals surface area (Å²) in [6.07, 6.45) is 2.30. The Kier molecular flexibility index (Phi) is 6.02. The van der Waals surface area contributed by atoms with Crippen LogP contribution in [0.3, 0.4) is 0 Å². The van der Waals surface area contributed by atoms with Crippen LogP contribution in [0, 0.1) is 0 Å². The number of rotatable bonds is 7. The second-order valence-electron chi connectivity index (χ2n) is 4.49. The van der Waals surface area contributed by atoms with E-state index in [0.717, 1.165) is 12.8 Å². The summed E-state index contributed by atoms with van der Waals surface area (Å²) in [6, 6.07) is 7.58. The number of carbonyl (C=O) groups excluding carboxylic acids is 2. The maximum absolute atomic E-state index is 12.0. The zero-order chi connectivity index (χ0) is 14.3. The van der Waals surface area contributed by atoms with Gasteiger partial charge in [0, 0.05) is 0 Å². The maximum Gasteiger partial charge on any atom is 0.242 e. The SMILES string of the molecule is CCCCC(NC(=O)C(N)c1ccccc1)C(N)=O. The molecule has 0 fully saturated rings. The highest BCUT2D eigenvalue weighted by atomic mass is 16.2. The molecule has 104 valence electrons. The number of nitrogens with one attached hydrogen (secondary N) is 1. The van der Waals surface area contributed by atoms with Crippen LogP contribution in [-0.4, -0.2) is 17.9 Å². The van der Waals surface area contributed by atoms with E-state index in [1.807, 2.05) is 25.1 Å². The Hall–Kier alpha value is -1.88. The summed E-state index contributed by atoms with van der Waals surface area (Å²) in [5.74, 6) is -0.909. The van der Waals surface area contributed by atoms with Gasteiger partial charge in [0.2, 0.25) is 11.8 Å². The van der Waals surface area contributed by atoms with E-state index in [1.54, 1.807) is 12.1 Å². The molecule has 0 aromatic heterocycles. The van der Waals surface area contributed by atoms with E-state index in [2.05, 4.69) is 5.32 Å². The van der Waals surface area contributed by atoms with Crippen LogP contribution in [0.5, 0.6) is 0 Å². The monoisotopic (exact) mass is 263 g/mol. The predicted octanol–water partition coefficient (Wildman–Crippen LogP) is 0.847. The van der Waals surface area contributed by atoms with E-state index in [9.17, 15) is 9.59 Å². The molecule has 0 saturated carbocycles. The van der Waals surface area contributed by atoms with E-state index in [4.69, 9.17) is 11.5 Å². The van der Waals surface area contributed by atoms with Gasteiger partial charge in [-0.3, -0.25) is 9.59 Å². The fourth-order valence-electron chi connectivity index (χ4n) is 1.77. The first-order valence-electron chi connectivity index (χ1n) is 6.46. The quantitative estimate of drug-likeness (QED) is 0.680. The van der Waals surface area contributed by atoms with Crippen LogP contribution in [0.4, 0.5) is 0 Å². The van der Waals surface area contributed by atoms with Gasteiger partial charge in [-0.1, -0.05) is 50.1 Å². The van der Waals surface area contributed by atoms with E-state index in [1.165, 1.54) is 0 Å². The van der Waals surface area contributed by atoms with E-state index in [-0.39, 0.29) is 5.91 Å². The molecule has 0 heterocycles. The number of hydrogen-bond donors (Lipinski definition) is 3. The highest BCUT2D eigenvalue weighted by molar-refractivity contribution is 5.89. The van der Waals surface area contributed by atoms with Crippen LogP contribution in [0.1, 0.15) is 37.8 Å². The van der Waals surface area contributed by atoms with Gasteiger partial charge >= 0.3 is 0 Å². The topological polar surface area (TPSA) is 98.2 Å². The summed E-state index contributed by atoms with van der Waals surface area (Å²) in [5, 5.41) is 2.61. The van der Waals surface area contributed by atoms with Gasteiger partial charge in [0.05, 0.1) is 0 Å². The van der Waals surface area contributed by atoms with Crippen LogP contribution in [0.2, 0.25) is 0 Å². The van der Waals surface area contributed by atoms with Crippen molar-refractivity contribution >= 4 is 11.8 Å². The minimum absolute atomic E-state index is 0.383. The molecule has 1 aromatic carbocycles. The Labute approximate surface area is 113 Å². The molecule has 0 aliphatic carbocycles.